The molecule has 0 aliphatic carbocycles. The summed E-state index contributed by atoms with van der Waals surface area (Å²) < 4.78 is 1.45. The SMILES string of the molecule is Cc1ccc(C(=O)Cn2cccc(C)c2=O)cc1C. The quantitative estimate of drug-likeness (QED) is 0.791. The van der Waals surface area contributed by atoms with Crippen molar-refractivity contribution in [3.8, 4) is 0 Å². The van der Waals surface area contributed by atoms with Gasteiger partial charge in [0.05, 0.1) is 6.54 Å². The van der Waals surface area contributed by atoms with Gasteiger partial charge in [0, 0.05) is 17.3 Å². The van der Waals surface area contributed by atoms with Crippen molar-refractivity contribution in [2.75, 3.05) is 0 Å². The summed E-state index contributed by atoms with van der Waals surface area (Å²) >= 11 is 0. The molecule has 0 amide bonds. The number of carbonyl (C=O) groups is 1. The number of carbonyl (C=O) groups excluding carboxylic acids is 1. The molecule has 0 atom stereocenters. The Balaban J connectivity index is 2.28. The molecule has 1 aromatic heterocycles. The molecule has 0 fully saturated rings. The number of aryl methyl sites for hydroxylation is 3. The second kappa shape index (κ2) is 5.22. The lowest BCUT2D eigenvalue weighted by Crippen LogP contribution is -2.25. The molecule has 0 bridgehead atoms. The zero-order chi connectivity index (χ0) is 14.0. The van der Waals surface area contributed by atoms with Gasteiger partial charge in [-0.2, -0.15) is 0 Å². The molecular formula is C16H17NO2. The fraction of sp³-hybridized carbons (Fsp3) is 0.250. The molecule has 0 saturated carbocycles. The molecule has 19 heavy (non-hydrogen) atoms. The van der Waals surface area contributed by atoms with Crippen molar-refractivity contribution < 1.29 is 4.79 Å². The number of Topliss-reactive ketones (excluding diaryl/α,β-unsaturated/α-hetero) is 1. The Bertz CT molecular complexity index is 683. The van der Waals surface area contributed by atoms with Crippen LogP contribution in [0.3, 0.4) is 0 Å². The van der Waals surface area contributed by atoms with Crippen molar-refractivity contribution in [1.29, 1.82) is 0 Å². The highest BCUT2D eigenvalue weighted by Gasteiger charge is 2.09. The summed E-state index contributed by atoms with van der Waals surface area (Å²) in [5.41, 5.74) is 3.43. The molecule has 2 aromatic rings. The van der Waals surface area contributed by atoms with Crippen LogP contribution in [0.4, 0.5) is 0 Å². The molecular weight excluding hydrogens is 238 g/mol. The van der Waals surface area contributed by atoms with Crippen LogP contribution < -0.4 is 5.56 Å². The molecule has 98 valence electrons. The van der Waals surface area contributed by atoms with Crippen LogP contribution in [0.1, 0.15) is 27.0 Å². The van der Waals surface area contributed by atoms with E-state index in [1.807, 2.05) is 32.0 Å². The third-order valence-corrected chi connectivity index (χ3v) is 3.35. The van der Waals surface area contributed by atoms with E-state index in [0.717, 1.165) is 11.1 Å². The predicted molar refractivity (Wildman–Crippen MR) is 75.7 cm³/mol. The molecule has 0 aliphatic rings. The first kappa shape index (κ1) is 13.3. The first-order valence-corrected chi connectivity index (χ1v) is 6.25. The highest BCUT2D eigenvalue weighted by molar-refractivity contribution is 5.96. The first-order valence-electron chi connectivity index (χ1n) is 6.25. The summed E-state index contributed by atoms with van der Waals surface area (Å²) in [7, 11) is 0. The smallest absolute Gasteiger partial charge is 0.253 e. The normalized spacial score (nSPS) is 10.5. The van der Waals surface area contributed by atoms with Gasteiger partial charge >= 0.3 is 0 Å². The summed E-state index contributed by atoms with van der Waals surface area (Å²) in [5, 5.41) is 0. The molecule has 0 N–H and O–H groups in total. The Morgan fingerprint density at radius 1 is 1.05 bits per heavy atom. The van der Waals surface area contributed by atoms with Gasteiger partial charge in [0.25, 0.3) is 5.56 Å². The third-order valence-electron chi connectivity index (χ3n) is 3.35. The summed E-state index contributed by atoms with van der Waals surface area (Å²) in [6.45, 7) is 5.82. The van der Waals surface area contributed by atoms with Crippen LogP contribution >= 0.6 is 0 Å². The van der Waals surface area contributed by atoms with E-state index in [4.69, 9.17) is 0 Å². The predicted octanol–water partition coefficient (Wildman–Crippen LogP) is 2.66. The van der Waals surface area contributed by atoms with Crippen LogP contribution in [-0.2, 0) is 6.54 Å². The van der Waals surface area contributed by atoms with E-state index in [2.05, 4.69) is 0 Å². The van der Waals surface area contributed by atoms with Crippen molar-refractivity contribution in [3.63, 3.8) is 0 Å². The Labute approximate surface area is 112 Å². The van der Waals surface area contributed by atoms with Gasteiger partial charge in [0.2, 0.25) is 0 Å². The summed E-state index contributed by atoms with van der Waals surface area (Å²) in [5.74, 6) is -0.0456. The van der Waals surface area contributed by atoms with Crippen molar-refractivity contribution in [2.24, 2.45) is 0 Å². The number of hydrogen-bond donors (Lipinski definition) is 0. The van der Waals surface area contributed by atoms with Gasteiger partial charge in [-0.25, -0.2) is 0 Å². The monoisotopic (exact) mass is 255 g/mol. The van der Waals surface area contributed by atoms with E-state index in [1.165, 1.54) is 4.57 Å². The third kappa shape index (κ3) is 2.81. The Morgan fingerprint density at radius 3 is 2.47 bits per heavy atom. The number of rotatable bonds is 3. The average Bonchev–Trinajstić information content (AvgIpc) is 2.38. The zero-order valence-electron chi connectivity index (χ0n) is 11.4. The van der Waals surface area contributed by atoms with E-state index in [0.29, 0.717) is 11.1 Å². The molecule has 0 unspecified atom stereocenters. The van der Waals surface area contributed by atoms with Crippen molar-refractivity contribution in [1.82, 2.24) is 4.57 Å². The van der Waals surface area contributed by atoms with Crippen molar-refractivity contribution >= 4 is 5.78 Å². The topological polar surface area (TPSA) is 39.1 Å². The van der Waals surface area contributed by atoms with E-state index in [-0.39, 0.29) is 17.9 Å². The van der Waals surface area contributed by atoms with Crippen molar-refractivity contribution in [2.45, 2.75) is 27.3 Å². The number of aromatic nitrogens is 1. The molecule has 1 heterocycles. The number of benzene rings is 1. The molecule has 3 nitrogen and oxygen atoms in total. The highest BCUT2D eigenvalue weighted by Crippen LogP contribution is 2.11. The highest BCUT2D eigenvalue weighted by atomic mass is 16.1. The van der Waals surface area contributed by atoms with Crippen LogP contribution in [0.15, 0.2) is 41.3 Å². The minimum Gasteiger partial charge on any atom is -0.308 e. The van der Waals surface area contributed by atoms with Crippen LogP contribution in [0, 0.1) is 20.8 Å². The second-order valence-corrected chi connectivity index (χ2v) is 4.85. The van der Waals surface area contributed by atoms with Gasteiger partial charge in [-0.05, 0) is 44.0 Å². The molecule has 2 rings (SSSR count). The van der Waals surface area contributed by atoms with Crippen LogP contribution in [0.2, 0.25) is 0 Å². The average molecular weight is 255 g/mol. The molecule has 0 saturated heterocycles. The number of hydrogen-bond acceptors (Lipinski definition) is 2. The van der Waals surface area contributed by atoms with Gasteiger partial charge in [0.1, 0.15) is 0 Å². The van der Waals surface area contributed by atoms with Crippen LogP contribution in [0.25, 0.3) is 0 Å². The minimum atomic E-state index is -0.111. The van der Waals surface area contributed by atoms with Gasteiger partial charge in [-0.1, -0.05) is 18.2 Å². The summed E-state index contributed by atoms with van der Waals surface area (Å²) in [4.78, 5) is 24.0. The second-order valence-electron chi connectivity index (χ2n) is 4.85. The Morgan fingerprint density at radius 2 is 1.79 bits per heavy atom. The van der Waals surface area contributed by atoms with E-state index in [9.17, 15) is 9.59 Å². The lowest BCUT2D eigenvalue weighted by atomic mass is 10.0. The molecule has 0 aliphatic heterocycles. The van der Waals surface area contributed by atoms with Gasteiger partial charge < -0.3 is 4.57 Å². The fourth-order valence-corrected chi connectivity index (χ4v) is 1.94. The standard InChI is InChI=1S/C16H17NO2/c1-11-6-7-14(9-13(11)3)15(18)10-17-8-4-5-12(2)16(17)19/h4-9H,10H2,1-3H3. The maximum atomic E-state index is 12.2. The Kier molecular flexibility index (Phi) is 3.65. The number of pyridine rings is 1. The molecule has 1 aromatic carbocycles. The maximum absolute atomic E-state index is 12.2. The van der Waals surface area contributed by atoms with Gasteiger partial charge in [-0.3, -0.25) is 9.59 Å². The number of ketones is 1. The van der Waals surface area contributed by atoms with Crippen LogP contribution in [-0.4, -0.2) is 10.4 Å². The first-order chi connectivity index (χ1) is 8.99. The van der Waals surface area contributed by atoms with Crippen molar-refractivity contribution in [3.05, 3.63) is 69.1 Å². The largest absolute Gasteiger partial charge is 0.308 e. The van der Waals surface area contributed by atoms with Gasteiger partial charge in [0.15, 0.2) is 5.78 Å². The lowest BCUT2D eigenvalue weighted by Gasteiger charge is -2.07. The summed E-state index contributed by atoms with van der Waals surface area (Å²) in [6.07, 6.45) is 1.65. The van der Waals surface area contributed by atoms with E-state index < -0.39 is 0 Å². The minimum absolute atomic E-state index is 0.0456. The van der Waals surface area contributed by atoms with Gasteiger partial charge in [-0.15, -0.1) is 0 Å². The molecule has 0 radical (unpaired) electrons. The lowest BCUT2D eigenvalue weighted by molar-refractivity contribution is 0.0970. The van der Waals surface area contributed by atoms with E-state index in [1.54, 1.807) is 25.3 Å². The fourth-order valence-electron chi connectivity index (χ4n) is 1.94. The zero-order valence-corrected chi connectivity index (χ0v) is 11.4. The summed E-state index contributed by atoms with van der Waals surface area (Å²) in [6, 6.07) is 9.15. The molecule has 3 heteroatoms. The Hall–Kier alpha value is -2.16. The van der Waals surface area contributed by atoms with E-state index >= 15 is 0 Å². The van der Waals surface area contributed by atoms with Crippen LogP contribution in [0.5, 0.6) is 0 Å². The maximum Gasteiger partial charge on any atom is 0.253 e. The number of nitrogens with zero attached hydrogens (tertiary/aromatic N) is 1. The molecule has 0 spiro atoms.